The molecule has 1 fully saturated rings. The van der Waals surface area contributed by atoms with Gasteiger partial charge in [0.05, 0.1) is 6.10 Å². The second-order valence-electron chi connectivity index (χ2n) is 4.41. The van der Waals surface area contributed by atoms with E-state index in [-0.39, 0.29) is 11.1 Å². The van der Waals surface area contributed by atoms with E-state index in [1.165, 1.54) is 18.9 Å². The molecule has 1 aromatic carbocycles. The molecule has 1 aromatic rings. The summed E-state index contributed by atoms with van der Waals surface area (Å²) in [6.07, 6.45) is 3.42. The van der Waals surface area contributed by atoms with Gasteiger partial charge >= 0.3 is 0 Å². The zero-order valence-corrected chi connectivity index (χ0v) is 11.9. The van der Waals surface area contributed by atoms with Gasteiger partial charge in [-0.2, -0.15) is 11.8 Å². The van der Waals surface area contributed by atoms with Crippen LogP contribution in [0.2, 0.25) is 0 Å². The predicted octanol–water partition coefficient (Wildman–Crippen LogP) is 3.78. The Morgan fingerprint density at radius 3 is 3.00 bits per heavy atom. The zero-order valence-electron chi connectivity index (χ0n) is 9.53. The number of aliphatic hydroxyl groups is 1. The van der Waals surface area contributed by atoms with Crippen molar-refractivity contribution in [3.05, 3.63) is 34.1 Å². The van der Waals surface area contributed by atoms with E-state index in [1.807, 2.05) is 11.8 Å². The van der Waals surface area contributed by atoms with Gasteiger partial charge in [-0.3, -0.25) is 0 Å². The molecule has 1 N–H and O–H groups in total. The highest BCUT2D eigenvalue weighted by Crippen LogP contribution is 2.29. The van der Waals surface area contributed by atoms with E-state index in [0.717, 1.165) is 16.6 Å². The van der Waals surface area contributed by atoms with Gasteiger partial charge in [0, 0.05) is 16.1 Å². The molecule has 1 saturated heterocycles. The maximum atomic E-state index is 13.6. The largest absolute Gasteiger partial charge is 0.392 e. The van der Waals surface area contributed by atoms with Crippen LogP contribution in [0.15, 0.2) is 22.7 Å². The van der Waals surface area contributed by atoms with Crippen LogP contribution >= 0.6 is 27.7 Å². The number of halogens is 2. The minimum Gasteiger partial charge on any atom is -0.392 e. The molecular weight excluding hydrogens is 303 g/mol. The SMILES string of the molecule is OC(Cc1cc(Br)ccc1F)C1CCCCS1. The molecule has 2 rings (SSSR count). The Hall–Kier alpha value is -0.0600. The first kappa shape index (κ1) is 13.4. The normalized spacial score (nSPS) is 22.4. The summed E-state index contributed by atoms with van der Waals surface area (Å²) < 4.78 is 14.4. The van der Waals surface area contributed by atoms with Crippen LogP contribution in [0.3, 0.4) is 0 Å². The van der Waals surface area contributed by atoms with E-state index < -0.39 is 6.10 Å². The number of thioether (sulfide) groups is 1. The summed E-state index contributed by atoms with van der Waals surface area (Å²) in [7, 11) is 0. The third kappa shape index (κ3) is 3.70. The van der Waals surface area contributed by atoms with Crippen molar-refractivity contribution in [1.82, 2.24) is 0 Å². The van der Waals surface area contributed by atoms with Crippen LogP contribution in [0.5, 0.6) is 0 Å². The third-order valence-electron chi connectivity index (χ3n) is 3.08. The van der Waals surface area contributed by atoms with Crippen LogP contribution in [0.1, 0.15) is 24.8 Å². The Kier molecular flexibility index (Phi) is 4.88. The van der Waals surface area contributed by atoms with Crippen LogP contribution in [-0.4, -0.2) is 22.2 Å². The summed E-state index contributed by atoms with van der Waals surface area (Å²) in [6, 6.07) is 4.88. The first-order chi connectivity index (χ1) is 8.16. The number of hydrogen-bond donors (Lipinski definition) is 1. The second-order valence-corrected chi connectivity index (χ2v) is 6.67. The summed E-state index contributed by atoms with van der Waals surface area (Å²) >= 11 is 5.15. The minimum absolute atomic E-state index is 0.229. The molecule has 2 unspecified atom stereocenters. The Labute approximate surface area is 114 Å². The highest BCUT2D eigenvalue weighted by molar-refractivity contribution is 9.10. The van der Waals surface area contributed by atoms with Gasteiger partial charge in [-0.1, -0.05) is 22.4 Å². The van der Waals surface area contributed by atoms with Crippen molar-refractivity contribution >= 4 is 27.7 Å². The van der Waals surface area contributed by atoms with Crippen LogP contribution in [0, 0.1) is 5.82 Å². The van der Waals surface area contributed by atoms with Crippen molar-refractivity contribution in [3.8, 4) is 0 Å². The van der Waals surface area contributed by atoms with E-state index in [2.05, 4.69) is 15.9 Å². The lowest BCUT2D eigenvalue weighted by Gasteiger charge is -2.26. The molecule has 94 valence electrons. The van der Waals surface area contributed by atoms with Gasteiger partial charge in [0.15, 0.2) is 0 Å². The highest BCUT2D eigenvalue weighted by atomic mass is 79.9. The minimum atomic E-state index is -0.441. The fraction of sp³-hybridized carbons (Fsp3) is 0.538. The summed E-state index contributed by atoms with van der Waals surface area (Å²) in [6.45, 7) is 0. The summed E-state index contributed by atoms with van der Waals surface area (Å²) in [5, 5.41) is 10.4. The predicted molar refractivity (Wildman–Crippen MR) is 73.9 cm³/mol. The Morgan fingerprint density at radius 2 is 2.29 bits per heavy atom. The molecule has 0 amide bonds. The first-order valence-electron chi connectivity index (χ1n) is 5.90. The molecule has 1 aliphatic rings. The number of hydrogen-bond acceptors (Lipinski definition) is 2. The van der Waals surface area contributed by atoms with E-state index >= 15 is 0 Å². The zero-order chi connectivity index (χ0) is 12.3. The lowest BCUT2D eigenvalue weighted by Crippen LogP contribution is -2.28. The third-order valence-corrected chi connectivity index (χ3v) is 5.08. The van der Waals surface area contributed by atoms with Crippen LogP contribution in [-0.2, 0) is 6.42 Å². The standard InChI is InChI=1S/C13H16BrFOS/c14-10-4-5-11(15)9(7-10)8-12(16)13-3-1-2-6-17-13/h4-5,7,12-13,16H,1-3,6,8H2. The Bertz CT molecular complexity index is 380. The molecule has 2 atom stereocenters. The number of benzene rings is 1. The lowest BCUT2D eigenvalue weighted by atomic mass is 10.0. The van der Waals surface area contributed by atoms with Crippen LogP contribution in [0.25, 0.3) is 0 Å². The molecule has 0 aliphatic carbocycles. The van der Waals surface area contributed by atoms with E-state index in [1.54, 1.807) is 12.1 Å². The van der Waals surface area contributed by atoms with Gasteiger partial charge in [-0.25, -0.2) is 4.39 Å². The van der Waals surface area contributed by atoms with Gasteiger partial charge < -0.3 is 5.11 Å². The lowest BCUT2D eigenvalue weighted by molar-refractivity contribution is 0.165. The highest BCUT2D eigenvalue weighted by Gasteiger charge is 2.23. The van der Waals surface area contributed by atoms with Crippen LogP contribution < -0.4 is 0 Å². The molecular formula is C13H16BrFOS. The summed E-state index contributed by atoms with van der Waals surface area (Å²) in [5.74, 6) is 0.885. The van der Waals surface area contributed by atoms with Crippen molar-refractivity contribution in [2.45, 2.75) is 37.0 Å². The topological polar surface area (TPSA) is 20.2 Å². The molecule has 1 heterocycles. The molecule has 0 aromatic heterocycles. The average molecular weight is 319 g/mol. The van der Waals surface area contributed by atoms with E-state index in [9.17, 15) is 9.50 Å². The molecule has 4 heteroatoms. The summed E-state index contributed by atoms with van der Waals surface area (Å²) in [4.78, 5) is 0. The van der Waals surface area contributed by atoms with Gasteiger partial charge in [-0.05, 0) is 42.4 Å². The van der Waals surface area contributed by atoms with Gasteiger partial charge in [0.1, 0.15) is 5.82 Å². The smallest absolute Gasteiger partial charge is 0.126 e. The first-order valence-corrected chi connectivity index (χ1v) is 7.74. The maximum Gasteiger partial charge on any atom is 0.126 e. The van der Waals surface area contributed by atoms with Crippen molar-refractivity contribution in [2.24, 2.45) is 0 Å². The van der Waals surface area contributed by atoms with Crippen molar-refractivity contribution in [3.63, 3.8) is 0 Å². The van der Waals surface area contributed by atoms with E-state index in [4.69, 9.17) is 0 Å². The van der Waals surface area contributed by atoms with Crippen molar-refractivity contribution in [1.29, 1.82) is 0 Å². The molecule has 17 heavy (non-hydrogen) atoms. The number of rotatable bonds is 3. The van der Waals surface area contributed by atoms with E-state index in [0.29, 0.717) is 12.0 Å². The second kappa shape index (κ2) is 6.21. The quantitative estimate of drug-likeness (QED) is 0.915. The van der Waals surface area contributed by atoms with Crippen molar-refractivity contribution in [2.75, 3.05) is 5.75 Å². The molecule has 0 radical (unpaired) electrons. The fourth-order valence-corrected chi connectivity index (χ4v) is 3.86. The Morgan fingerprint density at radius 1 is 1.47 bits per heavy atom. The number of aliphatic hydroxyl groups excluding tert-OH is 1. The van der Waals surface area contributed by atoms with Gasteiger partial charge in [0.25, 0.3) is 0 Å². The molecule has 0 spiro atoms. The fourth-order valence-electron chi connectivity index (χ4n) is 2.13. The molecule has 0 bridgehead atoms. The summed E-state index contributed by atoms with van der Waals surface area (Å²) in [5.41, 5.74) is 0.595. The van der Waals surface area contributed by atoms with Gasteiger partial charge in [0.2, 0.25) is 0 Å². The van der Waals surface area contributed by atoms with Crippen molar-refractivity contribution < 1.29 is 9.50 Å². The Balaban J connectivity index is 2.01. The maximum absolute atomic E-state index is 13.6. The molecule has 1 nitrogen and oxygen atoms in total. The molecule has 0 saturated carbocycles. The monoisotopic (exact) mass is 318 g/mol. The molecule has 1 aliphatic heterocycles. The van der Waals surface area contributed by atoms with Crippen LogP contribution in [0.4, 0.5) is 4.39 Å². The average Bonchev–Trinajstić information content (AvgIpc) is 2.35. The van der Waals surface area contributed by atoms with Gasteiger partial charge in [-0.15, -0.1) is 0 Å².